The summed E-state index contributed by atoms with van der Waals surface area (Å²) < 4.78 is 0. The second kappa shape index (κ2) is 6.60. The second-order valence-corrected chi connectivity index (χ2v) is 2.39. The fraction of sp³-hybridized carbons (Fsp3) is 0.714. The molecule has 0 aromatic rings. The van der Waals surface area contributed by atoms with Gasteiger partial charge in [0.2, 0.25) is 11.8 Å². The number of aliphatic hydroxyl groups excluding tert-OH is 1. The van der Waals surface area contributed by atoms with Gasteiger partial charge in [-0.3, -0.25) is 9.59 Å². The molecule has 70 valence electrons. The molecule has 5 heteroatoms. The highest BCUT2D eigenvalue weighted by Crippen LogP contribution is 1.93. The number of hydrogen-bond acceptors (Lipinski definition) is 3. The molecule has 0 spiro atoms. The number of rotatable bonds is 6. The van der Waals surface area contributed by atoms with Gasteiger partial charge in [-0.2, -0.15) is 0 Å². The number of carbonyl (C=O) groups excluding carboxylic acids is 2. The largest absolute Gasteiger partial charge is 0.395 e. The summed E-state index contributed by atoms with van der Waals surface area (Å²) in [7, 11) is 0. The number of hydrogen-bond donors (Lipinski definition) is 3. The highest BCUT2D eigenvalue weighted by atomic mass is 16.3. The van der Waals surface area contributed by atoms with Crippen molar-refractivity contribution in [3.8, 4) is 0 Å². The predicted octanol–water partition coefficient (Wildman–Crippen LogP) is -1.25. The van der Waals surface area contributed by atoms with Crippen molar-refractivity contribution in [2.75, 3.05) is 13.2 Å². The molecule has 0 aliphatic rings. The lowest BCUT2D eigenvalue weighted by Crippen LogP contribution is -2.26. The molecule has 0 fully saturated rings. The third kappa shape index (κ3) is 7.01. The van der Waals surface area contributed by atoms with Crippen molar-refractivity contribution in [2.45, 2.75) is 19.3 Å². The van der Waals surface area contributed by atoms with E-state index in [1.165, 1.54) is 0 Å². The molecule has 0 unspecified atom stereocenters. The highest BCUT2D eigenvalue weighted by molar-refractivity contribution is 5.77. The summed E-state index contributed by atoms with van der Waals surface area (Å²) in [4.78, 5) is 21.1. The molecule has 4 N–H and O–H groups in total. The third-order valence-electron chi connectivity index (χ3n) is 1.26. The average molecular weight is 174 g/mol. The minimum atomic E-state index is -0.398. The zero-order valence-electron chi connectivity index (χ0n) is 6.88. The van der Waals surface area contributed by atoms with Crippen molar-refractivity contribution in [1.82, 2.24) is 5.32 Å². The van der Waals surface area contributed by atoms with Crippen LogP contribution in [-0.4, -0.2) is 30.1 Å². The molecule has 5 nitrogen and oxygen atoms in total. The molecule has 0 saturated heterocycles. The first kappa shape index (κ1) is 10.9. The van der Waals surface area contributed by atoms with Crippen molar-refractivity contribution < 1.29 is 14.7 Å². The van der Waals surface area contributed by atoms with Crippen LogP contribution in [0, 0.1) is 0 Å². The fourth-order valence-electron chi connectivity index (χ4n) is 0.707. The Balaban J connectivity index is 3.25. The Labute approximate surface area is 70.9 Å². The van der Waals surface area contributed by atoms with Crippen LogP contribution in [0.2, 0.25) is 0 Å². The van der Waals surface area contributed by atoms with E-state index >= 15 is 0 Å². The van der Waals surface area contributed by atoms with Gasteiger partial charge in [-0.1, -0.05) is 0 Å². The predicted molar refractivity (Wildman–Crippen MR) is 43.1 cm³/mol. The molecule has 0 atom stereocenters. The van der Waals surface area contributed by atoms with Crippen LogP contribution >= 0.6 is 0 Å². The van der Waals surface area contributed by atoms with Gasteiger partial charge in [-0.05, 0) is 6.42 Å². The number of aliphatic hydroxyl groups is 1. The number of nitrogens with two attached hydrogens (primary N) is 1. The topological polar surface area (TPSA) is 92.4 Å². The monoisotopic (exact) mass is 174 g/mol. The number of primary amides is 1. The normalized spacial score (nSPS) is 9.42. The summed E-state index contributed by atoms with van der Waals surface area (Å²) in [6.45, 7) is 0.191. The van der Waals surface area contributed by atoms with E-state index in [-0.39, 0.29) is 31.9 Å². The van der Waals surface area contributed by atoms with Gasteiger partial charge in [-0.15, -0.1) is 0 Å². The van der Waals surface area contributed by atoms with Crippen LogP contribution in [0.5, 0.6) is 0 Å². The van der Waals surface area contributed by atoms with Crippen LogP contribution in [0.15, 0.2) is 0 Å². The molecule has 2 amide bonds. The molecule has 0 heterocycles. The highest BCUT2D eigenvalue weighted by Gasteiger charge is 2.00. The average Bonchev–Trinajstić information content (AvgIpc) is 2.00. The van der Waals surface area contributed by atoms with E-state index in [2.05, 4.69) is 5.32 Å². The van der Waals surface area contributed by atoms with E-state index in [0.29, 0.717) is 6.42 Å². The Morgan fingerprint density at radius 1 is 1.33 bits per heavy atom. The van der Waals surface area contributed by atoms with Crippen LogP contribution in [0.25, 0.3) is 0 Å². The van der Waals surface area contributed by atoms with E-state index in [0.717, 1.165) is 0 Å². The lowest BCUT2D eigenvalue weighted by atomic mass is 10.2. The van der Waals surface area contributed by atoms with Gasteiger partial charge in [0.15, 0.2) is 0 Å². The molecule has 0 bridgehead atoms. The minimum absolute atomic E-state index is 0.0679. The fourth-order valence-corrected chi connectivity index (χ4v) is 0.707. The maximum absolute atomic E-state index is 10.8. The van der Waals surface area contributed by atoms with Gasteiger partial charge in [-0.25, -0.2) is 0 Å². The Hall–Kier alpha value is -1.10. The molecule has 0 saturated carbocycles. The van der Waals surface area contributed by atoms with Gasteiger partial charge in [0.1, 0.15) is 0 Å². The molecule has 0 aromatic carbocycles. The Kier molecular flexibility index (Phi) is 6.00. The smallest absolute Gasteiger partial charge is 0.220 e. The number of carbonyl (C=O) groups is 2. The van der Waals surface area contributed by atoms with Crippen LogP contribution in [-0.2, 0) is 9.59 Å². The molecular formula is C7H14N2O3. The van der Waals surface area contributed by atoms with Crippen molar-refractivity contribution in [3.63, 3.8) is 0 Å². The molecule has 12 heavy (non-hydrogen) atoms. The van der Waals surface area contributed by atoms with Crippen molar-refractivity contribution in [3.05, 3.63) is 0 Å². The zero-order chi connectivity index (χ0) is 9.40. The van der Waals surface area contributed by atoms with E-state index < -0.39 is 5.91 Å². The van der Waals surface area contributed by atoms with Crippen LogP contribution in [0.4, 0.5) is 0 Å². The maximum atomic E-state index is 10.8. The Morgan fingerprint density at radius 3 is 2.50 bits per heavy atom. The summed E-state index contributed by atoms with van der Waals surface area (Å²) in [5, 5.41) is 10.8. The lowest BCUT2D eigenvalue weighted by molar-refractivity contribution is -0.121. The first-order valence-corrected chi connectivity index (χ1v) is 3.82. The van der Waals surface area contributed by atoms with E-state index in [9.17, 15) is 9.59 Å². The third-order valence-corrected chi connectivity index (χ3v) is 1.26. The van der Waals surface area contributed by atoms with Gasteiger partial charge >= 0.3 is 0 Å². The summed E-state index contributed by atoms with van der Waals surface area (Å²) in [6, 6.07) is 0. The number of amides is 2. The first-order chi connectivity index (χ1) is 5.66. The summed E-state index contributed by atoms with van der Waals surface area (Å²) in [6.07, 6.45) is 0.974. The first-order valence-electron chi connectivity index (χ1n) is 3.82. The van der Waals surface area contributed by atoms with E-state index in [1.807, 2.05) is 0 Å². The van der Waals surface area contributed by atoms with Gasteiger partial charge in [0, 0.05) is 19.4 Å². The van der Waals surface area contributed by atoms with Crippen LogP contribution in [0.3, 0.4) is 0 Å². The molecule has 0 rings (SSSR count). The van der Waals surface area contributed by atoms with Crippen molar-refractivity contribution >= 4 is 11.8 Å². The summed E-state index contributed by atoms with van der Waals surface area (Å²) in [5.41, 5.74) is 4.87. The van der Waals surface area contributed by atoms with Gasteiger partial charge in [0.05, 0.1) is 6.61 Å². The zero-order valence-corrected chi connectivity index (χ0v) is 6.88. The van der Waals surface area contributed by atoms with E-state index in [1.54, 1.807) is 0 Å². The van der Waals surface area contributed by atoms with Gasteiger partial charge in [0.25, 0.3) is 0 Å². The van der Waals surface area contributed by atoms with Crippen molar-refractivity contribution in [2.24, 2.45) is 5.73 Å². The lowest BCUT2D eigenvalue weighted by Gasteiger charge is -2.00. The second-order valence-electron chi connectivity index (χ2n) is 2.39. The SMILES string of the molecule is NC(=O)CCCC(=O)NCCO. The Morgan fingerprint density at radius 2 is 2.00 bits per heavy atom. The molecule has 0 radical (unpaired) electrons. The van der Waals surface area contributed by atoms with E-state index in [4.69, 9.17) is 10.8 Å². The summed E-state index contributed by atoms with van der Waals surface area (Å²) >= 11 is 0. The van der Waals surface area contributed by atoms with Gasteiger partial charge < -0.3 is 16.2 Å². The molecular weight excluding hydrogens is 160 g/mol. The standard InChI is InChI=1S/C7H14N2O3/c8-6(11)2-1-3-7(12)9-4-5-10/h10H,1-5H2,(H2,8,11)(H,9,12). The maximum Gasteiger partial charge on any atom is 0.220 e. The molecule has 0 aliphatic carbocycles. The quantitative estimate of drug-likeness (QED) is 0.469. The van der Waals surface area contributed by atoms with Crippen LogP contribution in [0.1, 0.15) is 19.3 Å². The number of nitrogens with one attached hydrogen (secondary N) is 1. The Bertz CT molecular complexity index is 159. The molecule has 0 aromatic heterocycles. The minimum Gasteiger partial charge on any atom is -0.395 e. The molecule has 0 aliphatic heterocycles. The van der Waals surface area contributed by atoms with Crippen molar-refractivity contribution in [1.29, 1.82) is 0 Å². The van der Waals surface area contributed by atoms with Crippen LogP contribution < -0.4 is 11.1 Å². The summed E-state index contributed by atoms with van der Waals surface area (Å²) in [5.74, 6) is -0.560.